The highest BCUT2D eigenvalue weighted by Gasteiger charge is 2.20. The third-order valence-electron chi connectivity index (χ3n) is 2.56. The Bertz CT molecular complexity index is 401. The number of methoxy groups -OCH3 is 1. The summed E-state index contributed by atoms with van der Waals surface area (Å²) in [5.41, 5.74) is -0.994. The summed E-state index contributed by atoms with van der Waals surface area (Å²) in [7, 11) is 1.57. The van der Waals surface area contributed by atoms with Gasteiger partial charge in [-0.25, -0.2) is 9.37 Å². The Balaban J connectivity index is 2.63. The van der Waals surface area contributed by atoms with Crippen LogP contribution >= 0.6 is 0 Å². The number of nitrogens with zero attached hydrogens (tertiary/aromatic N) is 2. The molecule has 108 valence electrons. The molecule has 6 nitrogen and oxygen atoms in total. The van der Waals surface area contributed by atoms with Crippen LogP contribution in [0.4, 0.5) is 16.2 Å². The molecule has 1 atom stereocenters. The summed E-state index contributed by atoms with van der Waals surface area (Å²) >= 11 is 0. The molecule has 1 rings (SSSR count). The monoisotopic (exact) mass is 272 g/mol. The van der Waals surface area contributed by atoms with Gasteiger partial charge >= 0.3 is 0 Å². The molecular formula is C12H21FN4O2. The first kappa shape index (κ1) is 15.6. The summed E-state index contributed by atoms with van der Waals surface area (Å²) in [6.07, 6.45) is 1.54. The molecule has 0 saturated heterocycles. The van der Waals surface area contributed by atoms with Gasteiger partial charge in [0.25, 0.3) is 0 Å². The molecule has 1 aromatic heterocycles. The smallest absolute Gasteiger partial charge is 0.224 e. The maximum absolute atomic E-state index is 13.5. The highest BCUT2D eigenvalue weighted by molar-refractivity contribution is 5.41. The van der Waals surface area contributed by atoms with E-state index in [-0.39, 0.29) is 12.4 Å². The van der Waals surface area contributed by atoms with Crippen molar-refractivity contribution < 1.29 is 14.2 Å². The van der Waals surface area contributed by atoms with Gasteiger partial charge in [-0.15, -0.1) is 0 Å². The molecule has 1 unspecified atom stereocenters. The molecule has 0 bridgehead atoms. The fraction of sp³-hybridized carbons (Fsp3) is 0.667. The molecule has 0 radical (unpaired) electrons. The van der Waals surface area contributed by atoms with E-state index in [2.05, 4.69) is 20.6 Å². The van der Waals surface area contributed by atoms with Crippen molar-refractivity contribution in [3.05, 3.63) is 12.0 Å². The Kier molecular flexibility index (Phi) is 5.91. The molecule has 1 aromatic rings. The average Bonchev–Trinajstić information content (AvgIpc) is 2.37. The number of nitrogens with one attached hydrogen (secondary N) is 2. The van der Waals surface area contributed by atoms with Gasteiger partial charge in [-0.2, -0.15) is 4.98 Å². The van der Waals surface area contributed by atoms with Crippen LogP contribution < -0.4 is 10.6 Å². The van der Waals surface area contributed by atoms with Crippen LogP contribution in [0.2, 0.25) is 0 Å². The van der Waals surface area contributed by atoms with E-state index >= 15 is 0 Å². The van der Waals surface area contributed by atoms with Crippen molar-refractivity contribution in [2.45, 2.75) is 25.9 Å². The molecular weight excluding hydrogens is 251 g/mol. The number of anilines is 2. The molecule has 0 aliphatic carbocycles. The van der Waals surface area contributed by atoms with E-state index in [0.29, 0.717) is 25.5 Å². The van der Waals surface area contributed by atoms with E-state index < -0.39 is 11.4 Å². The first-order chi connectivity index (χ1) is 8.98. The zero-order valence-corrected chi connectivity index (χ0v) is 11.5. The van der Waals surface area contributed by atoms with Crippen LogP contribution in [0.3, 0.4) is 0 Å². The zero-order valence-electron chi connectivity index (χ0n) is 11.5. The van der Waals surface area contributed by atoms with E-state index in [9.17, 15) is 9.50 Å². The lowest BCUT2D eigenvalue weighted by molar-refractivity contribution is 0.0356. The zero-order chi connectivity index (χ0) is 14.3. The third kappa shape index (κ3) is 5.35. The molecule has 0 fully saturated rings. The number of aliphatic hydroxyl groups is 1. The van der Waals surface area contributed by atoms with Crippen molar-refractivity contribution in [3.8, 4) is 0 Å². The van der Waals surface area contributed by atoms with Crippen LogP contribution in [-0.2, 0) is 4.74 Å². The standard InChI is InChI=1S/C12H21FN4O2/c1-4-14-11-15-7-9(13)10(17-11)16-8-12(2,18)5-6-19-3/h7,18H,4-6,8H2,1-3H3,(H2,14,15,16,17). The maximum Gasteiger partial charge on any atom is 0.224 e. The molecule has 7 heteroatoms. The summed E-state index contributed by atoms with van der Waals surface area (Å²) in [6.45, 7) is 4.81. The van der Waals surface area contributed by atoms with Gasteiger partial charge in [0.05, 0.1) is 11.8 Å². The van der Waals surface area contributed by atoms with E-state index in [4.69, 9.17) is 4.74 Å². The van der Waals surface area contributed by atoms with Crippen LogP contribution in [0.25, 0.3) is 0 Å². The van der Waals surface area contributed by atoms with Crippen molar-refractivity contribution in [3.63, 3.8) is 0 Å². The second-order valence-corrected chi connectivity index (χ2v) is 4.51. The van der Waals surface area contributed by atoms with Crippen LogP contribution in [0.15, 0.2) is 6.20 Å². The highest BCUT2D eigenvalue weighted by Crippen LogP contribution is 2.15. The number of rotatable bonds is 8. The molecule has 0 aromatic carbocycles. The summed E-state index contributed by atoms with van der Waals surface area (Å²) < 4.78 is 18.4. The Morgan fingerprint density at radius 1 is 1.47 bits per heavy atom. The maximum atomic E-state index is 13.5. The van der Waals surface area contributed by atoms with Crippen molar-refractivity contribution in [1.82, 2.24) is 9.97 Å². The summed E-state index contributed by atoms with van der Waals surface area (Å²) in [6, 6.07) is 0. The van der Waals surface area contributed by atoms with Gasteiger partial charge in [-0.05, 0) is 13.8 Å². The predicted molar refractivity (Wildman–Crippen MR) is 71.8 cm³/mol. The predicted octanol–water partition coefficient (Wildman–Crippen LogP) is 1.25. The van der Waals surface area contributed by atoms with Crippen LogP contribution in [-0.4, -0.2) is 47.5 Å². The third-order valence-corrected chi connectivity index (χ3v) is 2.56. The molecule has 3 N–H and O–H groups in total. The van der Waals surface area contributed by atoms with Gasteiger partial charge in [-0.3, -0.25) is 0 Å². The van der Waals surface area contributed by atoms with E-state index in [1.54, 1.807) is 14.0 Å². The van der Waals surface area contributed by atoms with Crippen molar-refractivity contribution in [2.75, 3.05) is 37.4 Å². The summed E-state index contributed by atoms with van der Waals surface area (Å²) in [4.78, 5) is 7.80. The quantitative estimate of drug-likeness (QED) is 0.661. The first-order valence-electron chi connectivity index (χ1n) is 6.20. The molecule has 0 spiro atoms. The van der Waals surface area contributed by atoms with Crippen molar-refractivity contribution in [1.29, 1.82) is 0 Å². The summed E-state index contributed by atoms with van der Waals surface area (Å²) in [5.74, 6) is -0.129. The molecule has 0 aliphatic rings. The van der Waals surface area contributed by atoms with Crippen molar-refractivity contribution in [2.24, 2.45) is 0 Å². The minimum atomic E-state index is -0.994. The molecule has 0 amide bonds. The lowest BCUT2D eigenvalue weighted by atomic mass is 10.0. The number of ether oxygens (including phenoxy) is 1. The van der Waals surface area contributed by atoms with Crippen LogP contribution in [0.5, 0.6) is 0 Å². The van der Waals surface area contributed by atoms with Gasteiger partial charge < -0.3 is 20.5 Å². The van der Waals surface area contributed by atoms with Gasteiger partial charge in [0.15, 0.2) is 11.6 Å². The summed E-state index contributed by atoms with van der Waals surface area (Å²) in [5, 5.41) is 15.7. The molecule has 19 heavy (non-hydrogen) atoms. The Labute approximate surface area is 112 Å². The molecule has 1 heterocycles. The minimum Gasteiger partial charge on any atom is -0.388 e. The lowest BCUT2D eigenvalue weighted by Gasteiger charge is -2.23. The number of hydrogen-bond donors (Lipinski definition) is 3. The number of hydrogen-bond acceptors (Lipinski definition) is 6. The Hall–Kier alpha value is -1.47. The normalized spacial score (nSPS) is 13.9. The van der Waals surface area contributed by atoms with Gasteiger partial charge in [0.1, 0.15) is 0 Å². The SMILES string of the molecule is CCNc1ncc(F)c(NCC(C)(O)CCOC)n1. The van der Waals surface area contributed by atoms with E-state index in [0.717, 1.165) is 6.20 Å². The fourth-order valence-corrected chi connectivity index (χ4v) is 1.42. The topological polar surface area (TPSA) is 79.3 Å². The van der Waals surface area contributed by atoms with Gasteiger partial charge in [0.2, 0.25) is 5.95 Å². The van der Waals surface area contributed by atoms with Crippen LogP contribution in [0.1, 0.15) is 20.3 Å². The second-order valence-electron chi connectivity index (χ2n) is 4.51. The largest absolute Gasteiger partial charge is 0.388 e. The van der Waals surface area contributed by atoms with Gasteiger partial charge in [-0.1, -0.05) is 0 Å². The number of aromatic nitrogens is 2. The number of halogens is 1. The first-order valence-corrected chi connectivity index (χ1v) is 6.20. The fourth-order valence-electron chi connectivity index (χ4n) is 1.42. The van der Waals surface area contributed by atoms with E-state index in [1.165, 1.54) is 0 Å². The Morgan fingerprint density at radius 2 is 2.21 bits per heavy atom. The molecule has 0 saturated carbocycles. The van der Waals surface area contributed by atoms with Crippen molar-refractivity contribution >= 4 is 11.8 Å². The molecule has 0 aliphatic heterocycles. The Morgan fingerprint density at radius 3 is 2.84 bits per heavy atom. The lowest BCUT2D eigenvalue weighted by Crippen LogP contribution is -2.35. The second kappa shape index (κ2) is 7.20. The van der Waals surface area contributed by atoms with Gasteiger partial charge in [0, 0.05) is 33.2 Å². The minimum absolute atomic E-state index is 0.0728. The average molecular weight is 272 g/mol. The van der Waals surface area contributed by atoms with E-state index in [1.807, 2.05) is 6.92 Å². The van der Waals surface area contributed by atoms with Crippen LogP contribution in [0, 0.1) is 5.82 Å². The highest BCUT2D eigenvalue weighted by atomic mass is 19.1.